The van der Waals surface area contributed by atoms with E-state index in [1.54, 1.807) is 0 Å². The minimum absolute atomic E-state index is 0.584. The summed E-state index contributed by atoms with van der Waals surface area (Å²) in [6.45, 7) is 0. The maximum atomic E-state index is 10.3. The third-order valence-electron chi connectivity index (χ3n) is 1.35. The minimum atomic E-state index is -4.39. The third-order valence-corrected chi connectivity index (χ3v) is 2.96. The molecule has 0 bridgehead atoms. The van der Waals surface area contributed by atoms with Crippen molar-refractivity contribution in [3.05, 3.63) is 0 Å². The summed E-state index contributed by atoms with van der Waals surface area (Å²) in [5, 5.41) is 18.0. The van der Waals surface area contributed by atoms with Gasteiger partial charge in [0, 0.05) is 6.42 Å². The molecule has 0 rings (SSSR count). The van der Waals surface area contributed by atoms with E-state index >= 15 is 0 Å². The molecule has 0 fully saturated rings. The van der Waals surface area contributed by atoms with Gasteiger partial charge in [-0.1, -0.05) is 0 Å². The van der Waals surface area contributed by atoms with Gasteiger partial charge < -0.3 is 10.2 Å². The molecule has 2 atom stereocenters. The summed E-state index contributed by atoms with van der Waals surface area (Å²) in [6.07, 6.45) is -3.78. The van der Waals surface area contributed by atoms with Crippen LogP contribution >= 0.6 is 0 Å². The number of aliphatic hydroxyl groups excluding tert-OH is 2. The fourth-order valence-corrected chi connectivity index (χ4v) is 2.18. The van der Waals surface area contributed by atoms with Crippen molar-refractivity contribution in [2.45, 2.75) is 18.6 Å². The molecule has 0 saturated carbocycles. The molecule has 10 heteroatoms. The lowest BCUT2D eigenvalue weighted by Crippen LogP contribution is -2.29. The Labute approximate surface area is 87.0 Å². The van der Waals surface area contributed by atoms with Gasteiger partial charge in [-0.25, -0.2) is 0 Å². The van der Waals surface area contributed by atoms with E-state index in [0.29, 0.717) is 0 Å². The van der Waals surface area contributed by atoms with Gasteiger partial charge in [-0.3, -0.25) is 9.11 Å². The fraction of sp³-hybridized carbons (Fsp3) is 1.00. The van der Waals surface area contributed by atoms with E-state index in [9.17, 15) is 16.8 Å². The lowest BCUT2D eigenvalue weighted by Gasteiger charge is -2.12. The van der Waals surface area contributed by atoms with Crippen molar-refractivity contribution in [2.75, 3.05) is 11.5 Å². The molecule has 0 spiro atoms. The van der Waals surface area contributed by atoms with E-state index in [0.717, 1.165) is 0 Å². The molecule has 0 saturated heterocycles. The van der Waals surface area contributed by atoms with Gasteiger partial charge in [0.05, 0.1) is 12.2 Å². The van der Waals surface area contributed by atoms with Crippen LogP contribution in [0.3, 0.4) is 0 Å². The molecule has 0 heterocycles. The average Bonchev–Trinajstić information content (AvgIpc) is 1.73. The summed E-state index contributed by atoms with van der Waals surface area (Å²) < 4.78 is 57.6. The monoisotopic (exact) mass is 264 g/mol. The van der Waals surface area contributed by atoms with E-state index in [1.807, 2.05) is 0 Å². The van der Waals surface area contributed by atoms with E-state index in [2.05, 4.69) is 0 Å². The fourth-order valence-electron chi connectivity index (χ4n) is 0.936. The number of rotatable bonds is 6. The Kier molecular flexibility index (Phi) is 5.09. The highest BCUT2D eigenvalue weighted by atomic mass is 32.2. The van der Waals surface area contributed by atoms with Gasteiger partial charge in [0.2, 0.25) is 0 Å². The Morgan fingerprint density at radius 1 is 0.800 bits per heavy atom. The first-order chi connectivity index (χ1) is 6.49. The standard InChI is InChI=1S/C5H12O8S2/c6-4(2-14(8,9)10)1-5(7)3-15(11,12)13/h4-7H,1-3H2,(H,8,9,10)(H,11,12,13). The molecule has 8 nitrogen and oxygen atoms in total. The number of hydrogen-bond donors (Lipinski definition) is 4. The van der Waals surface area contributed by atoms with Crippen molar-refractivity contribution in [3.8, 4) is 0 Å². The van der Waals surface area contributed by atoms with Gasteiger partial charge in [0.1, 0.15) is 11.5 Å². The highest BCUT2D eigenvalue weighted by Gasteiger charge is 2.21. The Morgan fingerprint density at radius 2 is 1.07 bits per heavy atom. The first-order valence-corrected chi connectivity index (χ1v) is 6.98. The van der Waals surface area contributed by atoms with Crippen LogP contribution in [0.4, 0.5) is 0 Å². The van der Waals surface area contributed by atoms with Crippen LogP contribution in [0.2, 0.25) is 0 Å². The maximum absolute atomic E-state index is 10.3. The molecule has 0 aromatic rings. The van der Waals surface area contributed by atoms with Crippen LogP contribution in [0.15, 0.2) is 0 Å². The predicted octanol–water partition coefficient (Wildman–Crippen LogP) is -2.13. The third kappa shape index (κ3) is 10.0. The highest BCUT2D eigenvalue weighted by Crippen LogP contribution is 2.03. The first kappa shape index (κ1) is 14.7. The van der Waals surface area contributed by atoms with Gasteiger partial charge in [-0.05, 0) is 0 Å². The van der Waals surface area contributed by atoms with Crippen LogP contribution < -0.4 is 0 Å². The van der Waals surface area contributed by atoms with Crippen LogP contribution in [-0.4, -0.2) is 59.9 Å². The van der Waals surface area contributed by atoms with E-state index < -0.39 is 50.4 Å². The predicted molar refractivity (Wildman–Crippen MR) is 49.5 cm³/mol. The Balaban J connectivity index is 4.14. The summed E-state index contributed by atoms with van der Waals surface area (Å²) >= 11 is 0. The van der Waals surface area contributed by atoms with Gasteiger partial charge >= 0.3 is 0 Å². The van der Waals surface area contributed by atoms with Crippen molar-refractivity contribution in [3.63, 3.8) is 0 Å². The molecule has 0 aliphatic carbocycles. The van der Waals surface area contributed by atoms with E-state index in [1.165, 1.54) is 0 Å². The van der Waals surface area contributed by atoms with E-state index in [-0.39, 0.29) is 0 Å². The van der Waals surface area contributed by atoms with Crippen molar-refractivity contribution in [1.29, 1.82) is 0 Å². The van der Waals surface area contributed by atoms with Crippen LogP contribution in [0.25, 0.3) is 0 Å². The second kappa shape index (κ2) is 5.18. The second-order valence-corrected chi connectivity index (χ2v) is 6.03. The lowest BCUT2D eigenvalue weighted by atomic mass is 10.2. The summed E-state index contributed by atoms with van der Waals surface area (Å²) in [4.78, 5) is 0. The summed E-state index contributed by atoms with van der Waals surface area (Å²) in [5.41, 5.74) is 0. The normalized spacial score (nSPS) is 17.3. The highest BCUT2D eigenvalue weighted by molar-refractivity contribution is 7.86. The smallest absolute Gasteiger partial charge is 0.267 e. The summed E-state index contributed by atoms with van der Waals surface area (Å²) in [5.74, 6) is -2.01. The van der Waals surface area contributed by atoms with Crippen molar-refractivity contribution >= 4 is 20.2 Å². The molecular formula is C5H12O8S2. The van der Waals surface area contributed by atoms with Crippen LogP contribution in [0, 0.1) is 0 Å². The maximum Gasteiger partial charge on any atom is 0.267 e. The topological polar surface area (TPSA) is 149 Å². The SMILES string of the molecule is O=S(=O)(O)CC(O)CC(O)CS(=O)(=O)O. The molecule has 0 radical (unpaired) electrons. The largest absolute Gasteiger partial charge is 0.392 e. The summed E-state index contributed by atoms with van der Waals surface area (Å²) in [7, 11) is -8.77. The molecule has 0 aliphatic heterocycles. The molecule has 0 aliphatic rings. The van der Waals surface area contributed by atoms with Crippen LogP contribution in [0.5, 0.6) is 0 Å². The molecule has 4 N–H and O–H groups in total. The van der Waals surface area contributed by atoms with Gasteiger partial charge in [-0.2, -0.15) is 16.8 Å². The molecule has 15 heavy (non-hydrogen) atoms. The Hall–Kier alpha value is -0.260. The second-order valence-electron chi connectivity index (χ2n) is 3.04. The molecule has 0 aromatic carbocycles. The summed E-state index contributed by atoms with van der Waals surface area (Å²) in [6, 6.07) is 0. The van der Waals surface area contributed by atoms with Gasteiger partial charge in [-0.15, -0.1) is 0 Å². The molecule has 0 amide bonds. The Morgan fingerprint density at radius 3 is 1.27 bits per heavy atom. The van der Waals surface area contributed by atoms with Crippen LogP contribution in [0.1, 0.15) is 6.42 Å². The van der Waals surface area contributed by atoms with Crippen molar-refractivity contribution in [2.24, 2.45) is 0 Å². The zero-order chi connectivity index (χ0) is 12.3. The number of hydrogen-bond acceptors (Lipinski definition) is 6. The Bertz CT molecular complexity index is 343. The lowest BCUT2D eigenvalue weighted by molar-refractivity contribution is 0.103. The van der Waals surface area contributed by atoms with E-state index in [4.69, 9.17) is 19.3 Å². The minimum Gasteiger partial charge on any atom is -0.392 e. The molecule has 92 valence electrons. The zero-order valence-electron chi connectivity index (χ0n) is 7.51. The zero-order valence-corrected chi connectivity index (χ0v) is 9.15. The van der Waals surface area contributed by atoms with Gasteiger partial charge in [0.15, 0.2) is 0 Å². The van der Waals surface area contributed by atoms with Crippen molar-refractivity contribution in [1.82, 2.24) is 0 Å². The molecule has 2 unspecified atom stereocenters. The molecule has 0 aromatic heterocycles. The average molecular weight is 264 g/mol. The number of aliphatic hydroxyl groups is 2. The molecular weight excluding hydrogens is 252 g/mol. The van der Waals surface area contributed by atoms with Crippen LogP contribution in [-0.2, 0) is 20.2 Å². The first-order valence-electron chi connectivity index (χ1n) is 3.76. The van der Waals surface area contributed by atoms with Crippen molar-refractivity contribution < 1.29 is 36.2 Å². The quantitative estimate of drug-likeness (QED) is 0.397. The van der Waals surface area contributed by atoms with Gasteiger partial charge in [0.25, 0.3) is 20.2 Å².